The number of aromatic nitrogens is 1. The van der Waals surface area contributed by atoms with Crippen molar-refractivity contribution in [3.63, 3.8) is 0 Å². The van der Waals surface area contributed by atoms with E-state index < -0.39 is 0 Å². The molecule has 0 saturated carbocycles. The van der Waals surface area contributed by atoms with E-state index in [2.05, 4.69) is 6.92 Å². The zero-order valence-corrected chi connectivity index (χ0v) is 9.71. The van der Waals surface area contributed by atoms with Crippen molar-refractivity contribution in [2.45, 2.75) is 33.1 Å². The fourth-order valence-corrected chi connectivity index (χ4v) is 2.04. The standard InChI is InChI=1S/C9H15NOS2/c1-3-4-5-6-11-10-8(2)7-13-9(10)12/h7H,3-6H2,1-2H3. The van der Waals surface area contributed by atoms with Crippen LogP contribution in [0.3, 0.4) is 0 Å². The van der Waals surface area contributed by atoms with Gasteiger partial charge in [0.25, 0.3) is 0 Å². The van der Waals surface area contributed by atoms with Gasteiger partial charge in [-0.15, -0.1) is 11.3 Å². The topological polar surface area (TPSA) is 14.2 Å². The van der Waals surface area contributed by atoms with Gasteiger partial charge < -0.3 is 4.84 Å². The van der Waals surface area contributed by atoms with Crippen LogP contribution >= 0.6 is 23.6 Å². The molecule has 0 aliphatic carbocycles. The van der Waals surface area contributed by atoms with Gasteiger partial charge in [-0.25, -0.2) is 0 Å². The highest BCUT2D eigenvalue weighted by Gasteiger charge is 1.98. The highest BCUT2D eigenvalue weighted by atomic mass is 32.1. The van der Waals surface area contributed by atoms with Gasteiger partial charge in [-0.05, 0) is 25.6 Å². The molecule has 0 N–H and O–H groups in total. The second-order valence-electron chi connectivity index (χ2n) is 2.98. The van der Waals surface area contributed by atoms with E-state index in [0.717, 1.165) is 22.7 Å². The maximum Gasteiger partial charge on any atom is 0.196 e. The second kappa shape index (κ2) is 5.40. The van der Waals surface area contributed by atoms with Gasteiger partial charge in [0.1, 0.15) is 6.61 Å². The minimum absolute atomic E-state index is 0.764. The molecule has 0 aliphatic heterocycles. The number of thiazole rings is 1. The number of nitrogens with zero attached hydrogens (tertiary/aromatic N) is 1. The summed E-state index contributed by atoms with van der Waals surface area (Å²) in [5.41, 5.74) is 1.09. The Bertz CT molecular complexity index is 303. The average molecular weight is 217 g/mol. The van der Waals surface area contributed by atoms with Crippen molar-refractivity contribution in [3.05, 3.63) is 15.0 Å². The van der Waals surface area contributed by atoms with Crippen molar-refractivity contribution in [1.29, 1.82) is 0 Å². The number of unbranched alkanes of at least 4 members (excludes halogenated alkanes) is 2. The molecule has 1 aromatic heterocycles. The lowest BCUT2D eigenvalue weighted by Gasteiger charge is -2.07. The summed E-state index contributed by atoms with van der Waals surface area (Å²) < 4.78 is 2.55. The van der Waals surface area contributed by atoms with Gasteiger partial charge in [-0.2, -0.15) is 4.73 Å². The van der Waals surface area contributed by atoms with Gasteiger partial charge in [0.15, 0.2) is 3.95 Å². The lowest BCUT2D eigenvalue weighted by atomic mass is 10.3. The molecule has 0 aromatic carbocycles. The monoisotopic (exact) mass is 217 g/mol. The predicted molar refractivity (Wildman–Crippen MR) is 58.9 cm³/mol. The lowest BCUT2D eigenvalue weighted by molar-refractivity contribution is 0.101. The molecule has 1 rings (SSSR count). The van der Waals surface area contributed by atoms with Crippen LogP contribution in [0.5, 0.6) is 0 Å². The van der Waals surface area contributed by atoms with Crippen LogP contribution in [0.2, 0.25) is 0 Å². The summed E-state index contributed by atoms with van der Waals surface area (Å²) in [5.74, 6) is 0. The molecule has 0 atom stereocenters. The third kappa shape index (κ3) is 3.12. The average Bonchev–Trinajstić information content (AvgIpc) is 2.42. The van der Waals surface area contributed by atoms with E-state index in [0.29, 0.717) is 0 Å². The van der Waals surface area contributed by atoms with Gasteiger partial charge in [0, 0.05) is 5.38 Å². The first-order valence-electron chi connectivity index (χ1n) is 4.56. The summed E-state index contributed by atoms with van der Waals surface area (Å²) >= 11 is 6.65. The van der Waals surface area contributed by atoms with Crippen molar-refractivity contribution in [3.8, 4) is 0 Å². The fraction of sp³-hybridized carbons (Fsp3) is 0.667. The molecule has 1 aromatic rings. The van der Waals surface area contributed by atoms with E-state index in [1.54, 1.807) is 16.1 Å². The van der Waals surface area contributed by atoms with Gasteiger partial charge in [0.2, 0.25) is 0 Å². The highest BCUT2D eigenvalue weighted by Crippen LogP contribution is 2.07. The Labute approximate surface area is 88.1 Å². The summed E-state index contributed by atoms with van der Waals surface area (Å²) in [6, 6.07) is 0. The van der Waals surface area contributed by atoms with E-state index in [9.17, 15) is 0 Å². The quantitative estimate of drug-likeness (QED) is 0.555. The van der Waals surface area contributed by atoms with Crippen LogP contribution in [-0.4, -0.2) is 11.3 Å². The van der Waals surface area contributed by atoms with Crippen molar-refractivity contribution >= 4 is 23.6 Å². The Morgan fingerprint density at radius 2 is 2.31 bits per heavy atom. The fourth-order valence-electron chi connectivity index (χ4n) is 1.04. The number of rotatable bonds is 5. The summed E-state index contributed by atoms with van der Waals surface area (Å²) in [6.07, 6.45) is 3.54. The van der Waals surface area contributed by atoms with Crippen LogP contribution in [0, 0.1) is 10.9 Å². The predicted octanol–water partition coefficient (Wildman–Crippen LogP) is 3.21. The molecule has 0 radical (unpaired) electrons. The Kier molecular flexibility index (Phi) is 4.45. The normalized spacial score (nSPS) is 10.3. The van der Waals surface area contributed by atoms with Crippen molar-refractivity contribution in [1.82, 2.24) is 4.73 Å². The van der Waals surface area contributed by atoms with E-state index in [1.807, 2.05) is 12.3 Å². The molecule has 0 spiro atoms. The Morgan fingerprint density at radius 1 is 1.54 bits per heavy atom. The zero-order chi connectivity index (χ0) is 9.68. The van der Waals surface area contributed by atoms with Crippen LogP contribution in [0.4, 0.5) is 0 Å². The zero-order valence-electron chi connectivity index (χ0n) is 8.08. The first kappa shape index (κ1) is 10.7. The van der Waals surface area contributed by atoms with Gasteiger partial charge in [-0.1, -0.05) is 19.8 Å². The molecule has 74 valence electrons. The van der Waals surface area contributed by atoms with E-state index in [-0.39, 0.29) is 0 Å². The van der Waals surface area contributed by atoms with Crippen LogP contribution in [0.1, 0.15) is 31.9 Å². The Balaban J connectivity index is 2.40. The SMILES string of the molecule is CCCCCOn1c(C)csc1=S. The third-order valence-electron chi connectivity index (χ3n) is 1.78. The number of hydrogen-bond donors (Lipinski definition) is 0. The molecule has 13 heavy (non-hydrogen) atoms. The van der Waals surface area contributed by atoms with E-state index in [1.165, 1.54) is 12.8 Å². The lowest BCUT2D eigenvalue weighted by Crippen LogP contribution is -2.13. The van der Waals surface area contributed by atoms with Gasteiger partial charge in [0.05, 0.1) is 5.69 Å². The molecule has 0 bridgehead atoms. The second-order valence-corrected chi connectivity index (χ2v) is 4.48. The molecule has 2 nitrogen and oxygen atoms in total. The molecule has 0 fully saturated rings. The smallest absolute Gasteiger partial charge is 0.196 e. The first-order valence-corrected chi connectivity index (χ1v) is 5.85. The van der Waals surface area contributed by atoms with Crippen LogP contribution < -0.4 is 4.84 Å². The maximum atomic E-state index is 5.53. The van der Waals surface area contributed by atoms with Crippen molar-refractivity contribution < 1.29 is 4.84 Å². The van der Waals surface area contributed by atoms with Crippen molar-refractivity contribution in [2.75, 3.05) is 6.61 Å². The molecular formula is C9H15NOS2. The summed E-state index contributed by atoms with van der Waals surface area (Å²) in [5, 5.41) is 2.02. The van der Waals surface area contributed by atoms with Crippen LogP contribution in [-0.2, 0) is 0 Å². The minimum Gasteiger partial charge on any atom is -0.412 e. The van der Waals surface area contributed by atoms with E-state index in [4.69, 9.17) is 17.1 Å². The summed E-state index contributed by atoms with van der Waals surface area (Å²) in [7, 11) is 0. The Hall–Kier alpha value is -0.350. The molecule has 1 heterocycles. The summed E-state index contributed by atoms with van der Waals surface area (Å²) in [6.45, 7) is 4.95. The molecule has 0 aliphatic rings. The van der Waals surface area contributed by atoms with Crippen molar-refractivity contribution in [2.24, 2.45) is 0 Å². The number of hydrogen-bond acceptors (Lipinski definition) is 3. The Morgan fingerprint density at radius 3 is 2.85 bits per heavy atom. The van der Waals surface area contributed by atoms with Crippen LogP contribution in [0.25, 0.3) is 0 Å². The molecule has 0 unspecified atom stereocenters. The third-order valence-corrected chi connectivity index (χ3v) is 3.07. The van der Waals surface area contributed by atoms with E-state index >= 15 is 0 Å². The molecule has 0 saturated heterocycles. The van der Waals surface area contributed by atoms with Crippen LogP contribution in [0.15, 0.2) is 5.38 Å². The molecule has 4 heteroatoms. The van der Waals surface area contributed by atoms with Gasteiger partial charge in [-0.3, -0.25) is 0 Å². The molecule has 0 amide bonds. The first-order chi connectivity index (χ1) is 6.25. The molecular weight excluding hydrogens is 202 g/mol. The maximum absolute atomic E-state index is 5.53. The van der Waals surface area contributed by atoms with Gasteiger partial charge >= 0.3 is 0 Å². The minimum atomic E-state index is 0.764. The summed E-state index contributed by atoms with van der Waals surface area (Å²) in [4.78, 5) is 5.53. The largest absolute Gasteiger partial charge is 0.412 e. The number of aryl methyl sites for hydroxylation is 1. The highest BCUT2D eigenvalue weighted by molar-refractivity contribution is 7.73.